The number of nitrogens with zero attached hydrogens (tertiary/aromatic N) is 1. The molecular weight excluding hydrogens is 392 g/mol. The molecule has 30 heavy (non-hydrogen) atoms. The highest BCUT2D eigenvalue weighted by molar-refractivity contribution is 5.96. The maximum atomic E-state index is 12.4. The van der Waals surface area contributed by atoms with Crippen LogP contribution in [0.25, 0.3) is 0 Å². The van der Waals surface area contributed by atoms with Crippen LogP contribution in [0.3, 0.4) is 0 Å². The highest BCUT2D eigenvalue weighted by Gasteiger charge is 2.36. The summed E-state index contributed by atoms with van der Waals surface area (Å²) in [6.07, 6.45) is 0.545. The number of likely N-dealkylation sites (tertiary alicyclic amines) is 1. The summed E-state index contributed by atoms with van der Waals surface area (Å²) in [4.78, 5) is 38.6. The van der Waals surface area contributed by atoms with Crippen LogP contribution >= 0.6 is 0 Å². The molecule has 2 amide bonds. The fourth-order valence-corrected chi connectivity index (χ4v) is 3.16. The van der Waals surface area contributed by atoms with Crippen molar-refractivity contribution in [2.75, 3.05) is 26.1 Å². The predicted molar refractivity (Wildman–Crippen MR) is 106 cm³/mol. The quantitative estimate of drug-likeness (QED) is 0.658. The lowest BCUT2D eigenvalue weighted by atomic mass is 10.1. The van der Waals surface area contributed by atoms with Gasteiger partial charge in [0.15, 0.2) is 17.6 Å². The van der Waals surface area contributed by atoms with Gasteiger partial charge in [-0.25, -0.2) is 0 Å². The van der Waals surface area contributed by atoms with Crippen molar-refractivity contribution in [1.82, 2.24) is 4.90 Å². The lowest BCUT2D eigenvalue weighted by Gasteiger charge is -2.17. The largest absolute Gasteiger partial charge is 0.493 e. The average Bonchev–Trinajstić information content (AvgIpc) is 3.38. The van der Waals surface area contributed by atoms with Gasteiger partial charge in [0, 0.05) is 24.7 Å². The van der Waals surface area contributed by atoms with E-state index in [9.17, 15) is 14.4 Å². The molecule has 0 aliphatic carbocycles. The molecule has 0 saturated carbocycles. The van der Waals surface area contributed by atoms with Crippen LogP contribution in [-0.2, 0) is 25.7 Å². The Bertz CT molecular complexity index is 910. The molecule has 1 N–H and O–H groups in total. The van der Waals surface area contributed by atoms with E-state index in [1.165, 1.54) is 27.4 Å². The lowest BCUT2D eigenvalue weighted by Crippen LogP contribution is -2.33. The molecule has 9 nitrogen and oxygen atoms in total. The third-order valence-electron chi connectivity index (χ3n) is 4.79. The first-order chi connectivity index (χ1) is 14.4. The zero-order chi connectivity index (χ0) is 21.7. The molecular formula is C21H24N2O7. The zero-order valence-electron chi connectivity index (χ0n) is 17.0. The highest BCUT2D eigenvalue weighted by atomic mass is 16.5. The monoisotopic (exact) mass is 416 g/mol. The van der Waals surface area contributed by atoms with Crippen molar-refractivity contribution in [1.29, 1.82) is 0 Å². The summed E-state index contributed by atoms with van der Waals surface area (Å²) >= 11 is 0. The first kappa shape index (κ1) is 21.2. The summed E-state index contributed by atoms with van der Waals surface area (Å²) in [5, 5.41) is 2.67. The lowest BCUT2D eigenvalue weighted by molar-refractivity contribution is -0.157. The second-order valence-corrected chi connectivity index (χ2v) is 6.89. The van der Waals surface area contributed by atoms with Gasteiger partial charge < -0.3 is 28.8 Å². The smallest absolute Gasteiger partial charge is 0.312 e. The number of amides is 2. The Balaban J connectivity index is 1.53. The van der Waals surface area contributed by atoms with Crippen LogP contribution in [0.2, 0.25) is 0 Å². The third-order valence-corrected chi connectivity index (χ3v) is 4.79. The van der Waals surface area contributed by atoms with Crippen LogP contribution in [0.15, 0.2) is 41.0 Å². The number of rotatable bonds is 8. The minimum absolute atomic E-state index is 0.0452. The standard InChI is InChI=1S/C21H24N2O7/c1-13(20(25)22-15-6-7-17(27-2)18(10-15)28-3)30-21(26)14-9-19(24)23(11-14)12-16-5-4-8-29-16/h4-8,10,13-14H,9,11-12H2,1-3H3,(H,22,25)/t13-,14+/m0/s1. The number of ether oxygens (including phenoxy) is 3. The predicted octanol–water partition coefficient (Wildman–Crippen LogP) is 2.22. The number of hydrogen-bond donors (Lipinski definition) is 1. The Labute approximate surface area is 173 Å². The molecule has 1 saturated heterocycles. The summed E-state index contributed by atoms with van der Waals surface area (Å²) in [6, 6.07) is 8.41. The van der Waals surface area contributed by atoms with Gasteiger partial charge in [0.05, 0.1) is 32.9 Å². The Morgan fingerprint density at radius 3 is 2.67 bits per heavy atom. The number of carbonyl (C=O) groups is 3. The van der Waals surface area contributed by atoms with E-state index in [4.69, 9.17) is 18.6 Å². The van der Waals surface area contributed by atoms with Crippen molar-refractivity contribution in [2.45, 2.75) is 26.0 Å². The first-order valence-electron chi connectivity index (χ1n) is 9.44. The van der Waals surface area contributed by atoms with Gasteiger partial charge in [-0.3, -0.25) is 14.4 Å². The van der Waals surface area contributed by atoms with E-state index in [1.807, 2.05) is 0 Å². The number of nitrogens with one attached hydrogen (secondary N) is 1. The molecule has 0 unspecified atom stereocenters. The van der Waals surface area contributed by atoms with Gasteiger partial charge in [-0.15, -0.1) is 0 Å². The SMILES string of the molecule is COc1ccc(NC(=O)[C@H](C)OC(=O)[C@@H]2CC(=O)N(Cc3ccco3)C2)cc1OC. The summed E-state index contributed by atoms with van der Waals surface area (Å²) in [6.45, 7) is 2.00. The van der Waals surface area contributed by atoms with E-state index in [2.05, 4.69) is 5.32 Å². The third kappa shape index (κ3) is 4.91. The van der Waals surface area contributed by atoms with Crippen LogP contribution < -0.4 is 14.8 Å². The molecule has 1 aliphatic heterocycles. The molecule has 0 radical (unpaired) electrons. The van der Waals surface area contributed by atoms with Gasteiger partial charge >= 0.3 is 5.97 Å². The van der Waals surface area contributed by atoms with Gasteiger partial charge in [0.1, 0.15) is 5.76 Å². The van der Waals surface area contributed by atoms with Crippen LogP contribution in [0.4, 0.5) is 5.69 Å². The van der Waals surface area contributed by atoms with E-state index >= 15 is 0 Å². The maximum Gasteiger partial charge on any atom is 0.312 e. The molecule has 0 bridgehead atoms. The molecule has 2 atom stereocenters. The molecule has 1 aliphatic rings. The Hall–Kier alpha value is -3.49. The number of esters is 1. The highest BCUT2D eigenvalue weighted by Crippen LogP contribution is 2.30. The second kappa shape index (κ2) is 9.34. The van der Waals surface area contributed by atoms with E-state index in [0.717, 1.165) is 0 Å². The Morgan fingerprint density at radius 2 is 2.00 bits per heavy atom. The number of methoxy groups -OCH3 is 2. The summed E-state index contributed by atoms with van der Waals surface area (Å²) < 4.78 is 20.9. The van der Waals surface area contributed by atoms with Crippen molar-refractivity contribution >= 4 is 23.5 Å². The number of carbonyl (C=O) groups excluding carboxylic acids is 3. The van der Waals surface area contributed by atoms with Gasteiger partial charge in [-0.2, -0.15) is 0 Å². The molecule has 0 spiro atoms. The minimum Gasteiger partial charge on any atom is -0.493 e. The van der Waals surface area contributed by atoms with Gasteiger partial charge in [0.2, 0.25) is 5.91 Å². The van der Waals surface area contributed by atoms with Crippen molar-refractivity contribution in [2.24, 2.45) is 5.92 Å². The Morgan fingerprint density at radius 1 is 1.23 bits per heavy atom. The first-order valence-corrected chi connectivity index (χ1v) is 9.44. The number of hydrogen-bond acceptors (Lipinski definition) is 7. The zero-order valence-corrected chi connectivity index (χ0v) is 17.0. The summed E-state index contributed by atoms with van der Waals surface area (Å²) in [7, 11) is 3.01. The second-order valence-electron chi connectivity index (χ2n) is 6.89. The summed E-state index contributed by atoms with van der Waals surface area (Å²) in [5.74, 6) is -0.228. The number of anilines is 1. The molecule has 1 fully saturated rings. The van der Waals surface area contributed by atoms with Crippen molar-refractivity contribution in [3.05, 3.63) is 42.4 Å². The van der Waals surface area contributed by atoms with Crippen LogP contribution in [-0.4, -0.2) is 49.6 Å². The van der Waals surface area contributed by atoms with Crippen molar-refractivity contribution in [3.8, 4) is 11.5 Å². The summed E-state index contributed by atoms with van der Waals surface area (Å²) in [5.41, 5.74) is 0.473. The molecule has 1 aromatic carbocycles. The van der Waals surface area contributed by atoms with Gasteiger partial charge in [0.25, 0.3) is 5.91 Å². The van der Waals surface area contributed by atoms with Crippen LogP contribution in [0.5, 0.6) is 11.5 Å². The van der Waals surface area contributed by atoms with E-state index in [-0.39, 0.29) is 18.9 Å². The Kier molecular flexibility index (Phi) is 6.61. The van der Waals surface area contributed by atoms with Crippen molar-refractivity contribution < 1.29 is 33.0 Å². The topological polar surface area (TPSA) is 107 Å². The van der Waals surface area contributed by atoms with Gasteiger partial charge in [-0.05, 0) is 31.2 Å². The van der Waals surface area contributed by atoms with Crippen LogP contribution in [0, 0.1) is 5.92 Å². The average molecular weight is 416 g/mol. The molecule has 160 valence electrons. The van der Waals surface area contributed by atoms with E-state index in [0.29, 0.717) is 29.5 Å². The van der Waals surface area contributed by atoms with Crippen molar-refractivity contribution in [3.63, 3.8) is 0 Å². The number of furan rings is 1. The minimum atomic E-state index is -1.03. The molecule has 1 aromatic heterocycles. The fourth-order valence-electron chi connectivity index (χ4n) is 3.16. The maximum absolute atomic E-state index is 12.4. The number of benzene rings is 1. The molecule has 2 aromatic rings. The molecule has 9 heteroatoms. The van der Waals surface area contributed by atoms with E-state index < -0.39 is 23.9 Å². The molecule has 3 rings (SSSR count). The fraction of sp³-hybridized carbons (Fsp3) is 0.381. The molecule has 2 heterocycles. The van der Waals surface area contributed by atoms with Gasteiger partial charge in [-0.1, -0.05) is 0 Å². The normalized spacial score (nSPS) is 16.8. The van der Waals surface area contributed by atoms with E-state index in [1.54, 1.807) is 35.2 Å². The van der Waals surface area contributed by atoms with Crippen LogP contribution in [0.1, 0.15) is 19.1 Å².